The van der Waals surface area contributed by atoms with Crippen molar-refractivity contribution in [2.24, 2.45) is 0 Å². The van der Waals surface area contributed by atoms with Crippen molar-refractivity contribution in [2.75, 3.05) is 32.9 Å². The zero-order valence-electron chi connectivity index (χ0n) is 9.86. The molecule has 0 saturated carbocycles. The molecule has 1 aliphatic rings. The third-order valence-corrected chi connectivity index (χ3v) is 2.54. The van der Waals surface area contributed by atoms with Gasteiger partial charge in [-0.3, -0.25) is 9.69 Å². The van der Waals surface area contributed by atoms with E-state index in [2.05, 4.69) is 6.58 Å². The van der Waals surface area contributed by atoms with Crippen molar-refractivity contribution in [3.63, 3.8) is 0 Å². The van der Waals surface area contributed by atoms with E-state index in [-0.39, 0.29) is 18.6 Å². The Morgan fingerprint density at radius 3 is 2.19 bits per heavy atom. The van der Waals surface area contributed by atoms with Gasteiger partial charge in [0, 0.05) is 38.7 Å². The fourth-order valence-corrected chi connectivity index (χ4v) is 1.46. The Bertz CT molecular complexity index is 294. The summed E-state index contributed by atoms with van der Waals surface area (Å²) < 4.78 is 5.02. The number of ether oxygens (including phenoxy) is 1. The largest absolute Gasteiger partial charge is 0.446 e. The third kappa shape index (κ3) is 3.66. The van der Waals surface area contributed by atoms with Crippen LogP contribution in [-0.4, -0.2) is 54.6 Å². The molecule has 0 aromatic rings. The summed E-state index contributed by atoms with van der Waals surface area (Å²) in [6, 6.07) is 0. The van der Waals surface area contributed by atoms with E-state index in [1.165, 1.54) is 0 Å². The molecule has 1 aliphatic heterocycles. The Kier molecular flexibility index (Phi) is 4.49. The van der Waals surface area contributed by atoms with Gasteiger partial charge in [-0.05, 0) is 6.92 Å². The van der Waals surface area contributed by atoms with Gasteiger partial charge in [-0.1, -0.05) is 6.58 Å². The van der Waals surface area contributed by atoms with Gasteiger partial charge in [-0.2, -0.15) is 0 Å². The first kappa shape index (κ1) is 12.7. The van der Waals surface area contributed by atoms with Crippen molar-refractivity contribution in [3.05, 3.63) is 12.2 Å². The Labute approximate surface area is 95.6 Å². The van der Waals surface area contributed by atoms with Gasteiger partial charge in [0.2, 0.25) is 5.91 Å². The molecule has 16 heavy (non-hydrogen) atoms. The highest BCUT2D eigenvalue weighted by atomic mass is 16.5. The average molecular weight is 226 g/mol. The third-order valence-electron chi connectivity index (χ3n) is 2.54. The van der Waals surface area contributed by atoms with Gasteiger partial charge in [0.15, 0.2) is 0 Å². The van der Waals surface area contributed by atoms with Gasteiger partial charge >= 0.3 is 5.97 Å². The lowest BCUT2D eigenvalue weighted by molar-refractivity contribution is -0.146. The number of nitrogens with zero attached hydrogens (tertiary/aromatic N) is 2. The molecular weight excluding hydrogens is 208 g/mol. The van der Waals surface area contributed by atoms with Gasteiger partial charge in [-0.25, -0.2) is 4.79 Å². The van der Waals surface area contributed by atoms with E-state index < -0.39 is 0 Å². The number of carbonyl (C=O) groups excluding carboxylic acids is 2. The molecule has 0 bridgehead atoms. The maximum Gasteiger partial charge on any atom is 0.334 e. The molecule has 1 fully saturated rings. The van der Waals surface area contributed by atoms with Crippen molar-refractivity contribution in [1.82, 2.24) is 9.80 Å². The second-order valence-corrected chi connectivity index (χ2v) is 3.97. The summed E-state index contributed by atoms with van der Waals surface area (Å²) in [7, 11) is 0. The zero-order chi connectivity index (χ0) is 12.1. The van der Waals surface area contributed by atoms with Crippen molar-refractivity contribution in [2.45, 2.75) is 13.8 Å². The van der Waals surface area contributed by atoms with Crippen LogP contribution in [0.4, 0.5) is 0 Å². The van der Waals surface area contributed by atoms with E-state index in [0.29, 0.717) is 18.7 Å². The van der Waals surface area contributed by atoms with E-state index in [1.54, 1.807) is 18.7 Å². The summed E-state index contributed by atoms with van der Waals surface area (Å²) in [4.78, 5) is 26.0. The van der Waals surface area contributed by atoms with E-state index >= 15 is 0 Å². The highest BCUT2D eigenvalue weighted by Gasteiger charge is 2.19. The van der Waals surface area contributed by atoms with Crippen molar-refractivity contribution in [3.8, 4) is 0 Å². The Morgan fingerprint density at radius 1 is 1.19 bits per heavy atom. The van der Waals surface area contributed by atoms with Crippen LogP contribution >= 0.6 is 0 Å². The van der Waals surface area contributed by atoms with Gasteiger partial charge in [0.05, 0.1) is 0 Å². The molecule has 0 N–H and O–H groups in total. The molecule has 0 atom stereocenters. The van der Waals surface area contributed by atoms with E-state index in [1.807, 2.05) is 4.90 Å². The summed E-state index contributed by atoms with van der Waals surface area (Å²) in [5.74, 6) is -0.271. The van der Waals surface area contributed by atoms with Crippen molar-refractivity contribution < 1.29 is 14.3 Å². The molecule has 0 radical (unpaired) electrons. The topological polar surface area (TPSA) is 49.9 Å². The summed E-state index contributed by atoms with van der Waals surface area (Å²) in [5.41, 5.74) is 0.405. The molecule has 1 heterocycles. The van der Waals surface area contributed by atoms with Crippen LogP contribution in [0.3, 0.4) is 0 Å². The van der Waals surface area contributed by atoms with Crippen LogP contribution in [0.2, 0.25) is 0 Å². The Balaban J connectivity index is 2.25. The molecule has 0 aromatic carbocycles. The number of esters is 1. The van der Waals surface area contributed by atoms with Crippen LogP contribution in [0.1, 0.15) is 13.8 Å². The first-order valence-corrected chi connectivity index (χ1v) is 5.31. The highest BCUT2D eigenvalue weighted by molar-refractivity contribution is 5.86. The van der Waals surface area contributed by atoms with Crippen molar-refractivity contribution in [1.29, 1.82) is 0 Å². The number of rotatable bonds is 3. The SMILES string of the molecule is C=C(C)C(=O)OCN1CCN(C(C)=O)CC1. The lowest BCUT2D eigenvalue weighted by Gasteiger charge is -2.33. The smallest absolute Gasteiger partial charge is 0.334 e. The molecule has 0 spiro atoms. The monoisotopic (exact) mass is 226 g/mol. The Morgan fingerprint density at radius 2 is 1.75 bits per heavy atom. The molecule has 0 aromatic heterocycles. The predicted molar refractivity (Wildman–Crippen MR) is 59.6 cm³/mol. The minimum Gasteiger partial charge on any atom is -0.446 e. The summed E-state index contributed by atoms with van der Waals surface area (Å²) in [6.07, 6.45) is 0. The van der Waals surface area contributed by atoms with E-state index in [4.69, 9.17) is 4.74 Å². The average Bonchev–Trinajstić information content (AvgIpc) is 2.26. The standard InChI is InChI=1S/C11H18N2O3/c1-9(2)11(15)16-8-12-4-6-13(7-5-12)10(3)14/h1,4-8H2,2-3H3. The maximum absolute atomic E-state index is 11.1. The molecule has 1 rings (SSSR count). The predicted octanol–water partition coefficient (Wildman–Crippen LogP) is 0.227. The van der Waals surface area contributed by atoms with Gasteiger partial charge in [-0.15, -0.1) is 0 Å². The minimum absolute atomic E-state index is 0.0959. The van der Waals surface area contributed by atoms with E-state index in [9.17, 15) is 9.59 Å². The van der Waals surface area contributed by atoms with Crippen LogP contribution in [-0.2, 0) is 14.3 Å². The summed E-state index contributed by atoms with van der Waals surface area (Å²) >= 11 is 0. The number of carbonyl (C=O) groups is 2. The van der Waals surface area contributed by atoms with E-state index in [0.717, 1.165) is 13.1 Å². The maximum atomic E-state index is 11.1. The van der Waals surface area contributed by atoms with Crippen LogP contribution in [0, 0.1) is 0 Å². The second kappa shape index (κ2) is 5.65. The van der Waals surface area contributed by atoms with Crippen molar-refractivity contribution >= 4 is 11.9 Å². The highest BCUT2D eigenvalue weighted by Crippen LogP contribution is 2.02. The lowest BCUT2D eigenvalue weighted by Crippen LogP contribution is -2.48. The minimum atomic E-state index is -0.367. The molecule has 5 nitrogen and oxygen atoms in total. The number of hydrogen-bond donors (Lipinski definition) is 0. The summed E-state index contributed by atoms with van der Waals surface area (Å²) in [5, 5.41) is 0. The fourth-order valence-electron chi connectivity index (χ4n) is 1.46. The Hall–Kier alpha value is -1.36. The number of piperazine rings is 1. The molecule has 1 saturated heterocycles. The molecule has 5 heteroatoms. The van der Waals surface area contributed by atoms with Crippen LogP contribution in [0.5, 0.6) is 0 Å². The molecule has 0 aliphatic carbocycles. The van der Waals surface area contributed by atoms with Crippen LogP contribution in [0.25, 0.3) is 0 Å². The zero-order valence-corrected chi connectivity index (χ0v) is 9.86. The number of amides is 1. The first-order chi connectivity index (χ1) is 7.50. The molecule has 0 unspecified atom stereocenters. The summed E-state index contributed by atoms with van der Waals surface area (Å²) in [6.45, 7) is 9.84. The van der Waals surface area contributed by atoms with Gasteiger partial charge in [0.1, 0.15) is 6.73 Å². The van der Waals surface area contributed by atoms with Gasteiger partial charge < -0.3 is 9.64 Å². The number of hydrogen-bond acceptors (Lipinski definition) is 4. The quantitative estimate of drug-likeness (QED) is 0.510. The molecule has 1 amide bonds. The normalized spacial score (nSPS) is 17.0. The lowest BCUT2D eigenvalue weighted by atomic mass is 10.3. The van der Waals surface area contributed by atoms with Crippen LogP contribution in [0.15, 0.2) is 12.2 Å². The van der Waals surface area contributed by atoms with Crippen LogP contribution < -0.4 is 0 Å². The first-order valence-electron chi connectivity index (χ1n) is 5.31. The molecular formula is C11H18N2O3. The molecule has 90 valence electrons. The van der Waals surface area contributed by atoms with Gasteiger partial charge in [0.25, 0.3) is 0 Å². The second-order valence-electron chi connectivity index (χ2n) is 3.97. The fraction of sp³-hybridized carbons (Fsp3) is 0.636.